The van der Waals surface area contributed by atoms with Gasteiger partial charge in [-0.05, 0) is 37.1 Å². The van der Waals surface area contributed by atoms with Gasteiger partial charge in [-0.2, -0.15) is 0 Å². The highest BCUT2D eigenvalue weighted by Gasteiger charge is 2.16. The van der Waals surface area contributed by atoms with Gasteiger partial charge < -0.3 is 25.2 Å². The monoisotopic (exact) mass is 361 g/mol. The fraction of sp³-hybridized carbons (Fsp3) is 0.650. The maximum Gasteiger partial charge on any atom is 0.190 e. The van der Waals surface area contributed by atoms with Gasteiger partial charge in [0.05, 0.1) is 7.11 Å². The van der Waals surface area contributed by atoms with Crippen molar-refractivity contribution in [3.05, 3.63) is 29.8 Å². The smallest absolute Gasteiger partial charge is 0.190 e. The molecule has 1 aliphatic heterocycles. The number of likely N-dealkylation sites (N-methyl/N-ethyl adjacent to an activating group) is 1. The third kappa shape index (κ3) is 7.22. The molecule has 2 N–H and O–H groups in total. The second kappa shape index (κ2) is 11.0. The first-order valence-corrected chi connectivity index (χ1v) is 9.59. The number of ether oxygens (including phenoxy) is 1. The quantitative estimate of drug-likeness (QED) is 0.540. The Balaban J connectivity index is 1.63. The van der Waals surface area contributed by atoms with Gasteiger partial charge in [0.2, 0.25) is 0 Å². The van der Waals surface area contributed by atoms with E-state index in [1.54, 1.807) is 7.11 Å². The molecule has 0 aromatic heterocycles. The lowest BCUT2D eigenvalue weighted by Crippen LogP contribution is -2.47. The van der Waals surface area contributed by atoms with Gasteiger partial charge >= 0.3 is 0 Å². The van der Waals surface area contributed by atoms with Crippen LogP contribution >= 0.6 is 0 Å². The first-order chi connectivity index (χ1) is 12.6. The third-order valence-corrected chi connectivity index (χ3v) is 4.87. The second-order valence-electron chi connectivity index (χ2n) is 7.19. The molecular weight excluding hydrogens is 326 g/mol. The maximum atomic E-state index is 5.19. The molecule has 0 radical (unpaired) electrons. The third-order valence-electron chi connectivity index (χ3n) is 4.87. The highest BCUT2D eigenvalue weighted by Crippen LogP contribution is 2.11. The lowest BCUT2D eigenvalue weighted by atomic mass is 10.1. The molecule has 1 aliphatic rings. The highest BCUT2D eigenvalue weighted by atomic mass is 16.5. The van der Waals surface area contributed by atoms with Crippen LogP contribution in [0.4, 0.5) is 0 Å². The molecule has 1 atom stereocenters. The van der Waals surface area contributed by atoms with Crippen molar-refractivity contribution in [2.24, 2.45) is 10.9 Å². The van der Waals surface area contributed by atoms with Gasteiger partial charge in [0.1, 0.15) is 5.75 Å². The molecule has 2 rings (SSSR count). The standard InChI is InChI=1S/C20H35N5O/c1-17(16-25-13-11-24(3)12-14-25)15-23-20(21-2)22-10-9-18-5-7-19(26-4)8-6-18/h5-8,17H,9-16H2,1-4H3,(H2,21,22,23). The zero-order valence-corrected chi connectivity index (χ0v) is 16.8. The number of piperazine rings is 1. The zero-order valence-electron chi connectivity index (χ0n) is 16.8. The van der Waals surface area contributed by atoms with Crippen LogP contribution in [0.1, 0.15) is 12.5 Å². The number of nitrogens with one attached hydrogen (secondary N) is 2. The number of aliphatic imine (C=N–C) groups is 1. The summed E-state index contributed by atoms with van der Waals surface area (Å²) in [5, 5.41) is 6.85. The molecular formula is C20H35N5O. The molecule has 1 heterocycles. The first-order valence-electron chi connectivity index (χ1n) is 9.59. The van der Waals surface area contributed by atoms with Crippen molar-refractivity contribution < 1.29 is 4.74 Å². The zero-order chi connectivity index (χ0) is 18.8. The summed E-state index contributed by atoms with van der Waals surface area (Å²) in [6.45, 7) is 9.95. The van der Waals surface area contributed by atoms with Crippen molar-refractivity contribution in [2.45, 2.75) is 13.3 Å². The maximum absolute atomic E-state index is 5.19. The molecule has 0 saturated carbocycles. The van der Waals surface area contributed by atoms with Crippen LogP contribution in [-0.2, 0) is 6.42 Å². The molecule has 146 valence electrons. The number of guanidine groups is 1. The number of benzene rings is 1. The fourth-order valence-electron chi connectivity index (χ4n) is 3.14. The predicted molar refractivity (Wildman–Crippen MR) is 109 cm³/mol. The average molecular weight is 362 g/mol. The molecule has 1 aromatic rings. The molecule has 1 aromatic carbocycles. The van der Waals surface area contributed by atoms with E-state index in [1.165, 1.54) is 31.7 Å². The molecule has 0 amide bonds. The van der Waals surface area contributed by atoms with Crippen LogP contribution < -0.4 is 15.4 Å². The SMILES string of the molecule is CN=C(NCCc1ccc(OC)cc1)NCC(C)CN1CCN(C)CC1. The van der Waals surface area contributed by atoms with Crippen LogP contribution in [-0.4, -0.2) is 82.8 Å². The van der Waals surface area contributed by atoms with Crippen LogP contribution in [0.3, 0.4) is 0 Å². The summed E-state index contributed by atoms with van der Waals surface area (Å²) in [5.74, 6) is 2.37. The van der Waals surface area contributed by atoms with E-state index in [9.17, 15) is 0 Å². The van der Waals surface area contributed by atoms with Crippen molar-refractivity contribution >= 4 is 5.96 Å². The Morgan fingerprint density at radius 1 is 1.15 bits per heavy atom. The number of hydrogen-bond acceptors (Lipinski definition) is 4. The molecule has 1 fully saturated rings. The highest BCUT2D eigenvalue weighted by molar-refractivity contribution is 5.79. The first kappa shape index (κ1) is 20.5. The van der Waals surface area contributed by atoms with Crippen LogP contribution in [0, 0.1) is 5.92 Å². The van der Waals surface area contributed by atoms with Crippen LogP contribution in [0.25, 0.3) is 0 Å². The lowest BCUT2D eigenvalue weighted by molar-refractivity contribution is 0.139. The summed E-state index contributed by atoms with van der Waals surface area (Å²) in [6, 6.07) is 8.22. The Morgan fingerprint density at radius 3 is 2.46 bits per heavy atom. The molecule has 6 nitrogen and oxygen atoms in total. The Kier molecular flexibility index (Phi) is 8.71. The van der Waals surface area contributed by atoms with Crippen molar-refractivity contribution in [2.75, 3.05) is 67.0 Å². The summed E-state index contributed by atoms with van der Waals surface area (Å²) in [5.41, 5.74) is 1.29. The summed E-state index contributed by atoms with van der Waals surface area (Å²) in [4.78, 5) is 9.29. The van der Waals surface area contributed by atoms with Crippen LogP contribution in [0.15, 0.2) is 29.3 Å². The van der Waals surface area contributed by atoms with Gasteiger partial charge in [-0.25, -0.2) is 0 Å². The van der Waals surface area contributed by atoms with Gasteiger partial charge in [0, 0.05) is 52.9 Å². The minimum atomic E-state index is 0.596. The number of hydrogen-bond donors (Lipinski definition) is 2. The summed E-state index contributed by atoms with van der Waals surface area (Å²) < 4.78 is 5.19. The van der Waals surface area contributed by atoms with E-state index in [0.717, 1.165) is 37.8 Å². The van der Waals surface area contributed by atoms with E-state index in [0.29, 0.717) is 5.92 Å². The van der Waals surface area contributed by atoms with Crippen molar-refractivity contribution in [3.63, 3.8) is 0 Å². The van der Waals surface area contributed by atoms with Gasteiger partial charge in [-0.15, -0.1) is 0 Å². The number of rotatable bonds is 8. The van der Waals surface area contributed by atoms with Crippen LogP contribution in [0.2, 0.25) is 0 Å². The minimum Gasteiger partial charge on any atom is -0.497 e. The average Bonchev–Trinajstić information content (AvgIpc) is 2.67. The van der Waals surface area contributed by atoms with E-state index < -0.39 is 0 Å². The normalized spacial score (nSPS) is 17.8. The van der Waals surface area contributed by atoms with Crippen molar-refractivity contribution in [1.82, 2.24) is 20.4 Å². The minimum absolute atomic E-state index is 0.596. The largest absolute Gasteiger partial charge is 0.497 e. The van der Waals surface area contributed by atoms with Gasteiger partial charge in [-0.1, -0.05) is 19.1 Å². The number of nitrogens with zero attached hydrogens (tertiary/aromatic N) is 3. The van der Waals surface area contributed by atoms with Crippen molar-refractivity contribution in [3.8, 4) is 5.75 Å². The molecule has 1 unspecified atom stereocenters. The molecule has 0 spiro atoms. The molecule has 1 saturated heterocycles. The molecule has 0 aliphatic carbocycles. The van der Waals surface area contributed by atoms with Crippen molar-refractivity contribution in [1.29, 1.82) is 0 Å². The predicted octanol–water partition coefficient (Wildman–Crippen LogP) is 1.29. The topological polar surface area (TPSA) is 52.1 Å². The molecule has 26 heavy (non-hydrogen) atoms. The Bertz CT molecular complexity index is 538. The summed E-state index contributed by atoms with van der Waals surface area (Å²) >= 11 is 0. The second-order valence-corrected chi connectivity index (χ2v) is 7.19. The van der Waals surface area contributed by atoms with E-state index in [-0.39, 0.29) is 0 Å². The van der Waals surface area contributed by atoms with E-state index in [1.807, 2.05) is 19.2 Å². The summed E-state index contributed by atoms with van der Waals surface area (Å²) in [7, 11) is 5.72. The summed E-state index contributed by atoms with van der Waals surface area (Å²) in [6.07, 6.45) is 0.960. The molecule has 6 heteroatoms. The Morgan fingerprint density at radius 2 is 1.85 bits per heavy atom. The van der Waals surface area contributed by atoms with Gasteiger partial charge in [-0.3, -0.25) is 4.99 Å². The Labute approximate surface area is 158 Å². The van der Waals surface area contributed by atoms with E-state index in [2.05, 4.69) is 51.5 Å². The van der Waals surface area contributed by atoms with E-state index >= 15 is 0 Å². The lowest BCUT2D eigenvalue weighted by Gasteiger charge is -2.34. The number of methoxy groups -OCH3 is 1. The fourth-order valence-corrected chi connectivity index (χ4v) is 3.14. The Hall–Kier alpha value is -1.79. The van der Waals surface area contributed by atoms with Gasteiger partial charge in [0.25, 0.3) is 0 Å². The van der Waals surface area contributed by atoms with Crippen LogP contribution in [0.5, 0.6) is 5.75 Å². The molecule has 0 bridgehead atoms. The van der Waals surface area contributed by atoms with E-state index in [4.69, 9.17) is 4.74 Å². The van der Waals surface area contributed by atoms with Gasteiger partial charge in [0.15, 0.2) is 5.96 Å².